The number of para-hydroxylation sites is 1. The maximum Gasteiger partial charge on any atom is 0.387 e. The number of alkyl halides is 2. The van der Waals surface area contributed by atoms with Gasteiger partial charge in [-0.1, -0.05) is 12.1 Å². The van der Waals surface area contributed by atoms with Crippen molar-refractivity contribution in [3.05, 3.63) is 29.8 Å². The fourth-order valence-corrected chi connectivity index (χ4v) is 1.81. The van der Waals surface area contributed by atoms with Gasteiger partial charge >= 0.3 is 18.4 Å². The van der Waals surface area contributed by atoms with E-state index in [0.717, 1.165) is 12.8 Å². The topological polar surface area (TPSA) is 126 Å². The molecule has 0 bridgehead atoms. The molecular weight excluding hydrogens is 354 g/mol. The molecule has 26 heavy (non-hydrogen) atoms. The minimum absolute atomic E-state index is 0.0150. The second-order valence-corrected chi connectivity index (χ2v) is 5.31. The van der Waals surface area contributed by atoms with Crippen molar-refractivity contribution >= 4 is 23.6 Å². The minimum Gasteiger partial charge on any atom is -0.434 e. The van der Waals surface area contributed by atoms with E-state index in [1.165, 1.54) is 24.3 Å². The van der Waals surface area contributed by atoms with Gasteiger partial charge in [-0.05, 0) is 25.0 Å². The van der Waals surface area contributed by atoms with Gasteiger partial charge in [0.2, 0.25) is 0 Å². The summed E-state index contributed by atoms with van der Waals surface area (Å²) in [6, 6.07) is 5.25. The summed E-state index contributed by atoms with van der Waals surface area (Å²) in [6.07, 6.45) is 1.60. The lowest BCUT2D eigenvalue weighted by molar-refractivity contribution is -0.140. The van der Waals surface area contributed by atoms with Crippen LogP contribution in [-0.2, 0) is 14.4 Å². The molecule has 2 rings (SSSR count). The van der Waals surface area contributed by atoms with Crippen LogP contribution >= 0.6 is 0 Å². The van der Waals surface area contributed by atoms with Crippen LogP contribution < -0.4 is 26.2 Å². The molecule has 1 aromatic carbocycles. The number of halogens is 2. The van der Waals surface area contributed by atoms with Gasteiger partial charge in [-0.3, -0.25) is 30.0 Å². The molecule has 1 aliphatic rings. The summed E-state index contributed by atoms with van der Waals surface area (Å²) in [4.78, 5) is 46.3. The molecule has 0 heterocycles. The molecule has 0 unspecified atom stereocenters. The second kappa shape index (κ2) is 8.74. The Morgan fingerprint density at radius 2 is 1.77 bits per heavy atom. The van der Waals surface area contributed by atoms with Crippen molar-refractivity contribution in [1.82, 2.24) is 21.5 Å². The Hall–Kier alpha value is -3.24. The highest BCUT2D eigenvalue weighted by Crippen LogP contribution is 2.20. The number of carbonyl (C=O) groups excluding carboxylic acids is 4. The Balaban J connectivity index is 1.77. The summed E-state index contributed by atoms with van der Waals surface area (Å²) in [6.45, 7) is -3.67. The molecule has 0 saturated heterocycles. The first-order valence-corrected chi connectivity index (χ1v) is 7.58. The molecule has 0 atom stereocenters. The Bertz CT molecular complexity index is 709. The van der Waals surface area contributed by atoms with Crippen LogP contribution in [0, 0.1) is 0 Å². The highest BCUT2D eigenvalue weighted by atomic mass is 19.3. The van der Waals surface area contributed by atoms with E-state index in [2.05, 4.69) is 15.4 Å². The number of benzene rings is 1. The predicted molar refractivity (Wildman–Crippen MR) is 82.9 cm³/mol. The predicted octanol–water partition coefficient (Wildman–Crippen LogP) is -0.556. The highest BCUT2D eigenvalue weighted by Gasteiger charge is 2.26. The number of hydrogen-bond acceptors (Lipinski definition) is 5. The molecule has 11 heteroatoms. The van der Waals surface area contributed by atoms with Crippen LogP contribution in [-0.4, -0.2) is 42.8 Å². The SMILES string of the molecule is O=C(CNC(=O)c1ccccc1OC(F)F)NNC(=O)C(=O)NC1CC1. The number of carbonyl (C=O) groups is 4. The molecule has 1 aliphatic carbocycles. The van der Waals surface area contributed by atoms with E-state index in [0.29, 0.717) is 0 Å². The van der Waals surface area contributed by atoms with E-state index in [9.17, 15) is 28.0 Å². The average molecular weight is 370 g/mol. The molecule has 0 radical (unpaired) electrons. The van der Waals surface area contributed by atoms with E-state index in [4.69, 9.17) is 0 Å². The van der Waals surface area contributed by atoms with E-state index < -0.39 is 36.8 Å². The van der Waals surface area contributed by atoms with Crippen LogP contribution in [0.3, 0.4) is 0 Å². The van der Waals surface area contributed by atoms with E-state index in [1.54, 1.807) is 0 Å². The first-order chi connectivity index (χ1) is 12.4. The van der Waals surface area contributed by atoms with Crippen LogP contribution in [0.5, 0.6) is 5.75 Å². The standard InChI is InChI=1S/C15H16F2N4O5/c16-15(17)26-10-4-2-1-3-9(10)12(23)18-7-11(22)20-21-14(25)13(24)19-8-5-6-8/h1-4,8,15H,5-7H2,(H,18,23)(H,19,24)(H,20,22)(H,21,25). The number of hydrogen-bond donors (Lipinski definition) is 4. The summed E-state index contributed by atoms with van der Waals surface area (Å²) < 4.78 is 28.8. The van der Waals surface area contributed by atoms with Gasteiger partial charge in [0.1, 0.15) is 5.75 Å². The summed E-state index contributed by atoms with van der Waals surface area (Å²) >= 11 is 0. The summed E-state index contributed by atoms with van der Waals surface area (Å²) in [5.74, 6) is -3.92. The Kier molecular flexibility index (Phi) is 6.42. The number of rotatable bonds is 6. The molecule has 1 aromatic rings. The van der Waals surface area contributed by atoms with Gasteiger partial charge < -0.3 is 15.4 Å². The van der Waals surface area contributed by atoms with Crippen molar-refractivity contribution in [2.45, 2.75) is 25.5 Å². The number of amides is 4. The first-order valence-electron chi connectivity index (χ1n) is 7.58. The second-order valence-electron chi connectivity index (χ2n) is 5.31. The number of nitrogens with one attached hydrogen (secondary N) is 4. The third-order valence-electron chi connectivity index (χ3n) is 3.19. The normalized spacial score (nSPS) is 12.9. The smallest absolute Gasteiger partial charge is 0.387 e. The zero-order valence-electron chi connectivity index (χ0n) is 13.4. The van der Waals surface area contributed by atoms with Crippen molar-refractivity contribution in [3.63, 3.8) is 0 Å². The van der Waals surface area contributed by atoms with E-state index in [-0.39, 0.29) is 17.4 Å². The van der Waals surface area contributed by atoms with E-state index >= 15 is 0 Å². The van der Waals surface area contributed by atoms with Gasteiger partial charge in [0, 0.05) is 6.04 Å². The molecule has 0 spiro atoms. The van der Waals surface area contributed by atoms with Gasteiger partial charge in [-0.25, -0.2) is 0 Å². The maximum absolute atomic E-state index is 12.3. The lowest BCUT2D eigenvalue weighted by Crippen LogP contribution is -2.51. The molecule has 9 nitrogen and oxygen atoms in total. The van der Waals surface area contributed by atoms with Gasteiger partial charge in [0.25, 0.3) is 11.8 Å². The van der Waals surface area contributed by atoms with Crippen LogP contribution in [0.1, 0.15) is 23.2 Å². The lowest BCUT2D eigenvalue weighted by atomic mass is 10.2. The lowest BCUT2D eigenvalue weighted by Gasteiger charge is -2.11. The average Bonchev–Trinajstić information content (AvgIpc) is 3.41. The summed E-state index contributed by atoms with van der Waals surface area (Å²) in [5, 5.41) is 4.60. The fourth-order valence-electron chi connectivity index (χ4n) is 1.81. The Labute approximate surface area is 146 Å². The number of hydrazine groups is 1. The van der Waals surface area contributed by atoms with Gasteiger partial charge in [0.15, 0.2) is 0 Å². The van der Waals surface area contributed by atoms with Crippen molar-refractivity contribution in [3.8, 4) is 5.75 Å². The molecule has 4 amide bonds. The molecular formula is C15H16F2N4O5. The molecule has 1 fully saturated rings. The van der Waals surface area contributed by atoms with Crippen molar-refractivity contribution < 1.29 is 32.7 Å². The van der Waals surface area contributed by atoms with Crippen molar-refractivity contribution in [2.75, 3.05) is 6.54 Å². The van der Waals surface area contributed by atoms with Gasteiger partial charge in [-0.2, -0.15) is 8.78 Å². The van der Waals surface area contributed by atoms with Crippen LogP contribution in [0.4, 0.5) is 8.78 Å². The monoisotopic (exact) mass is 370 g/mol. The zero-order valence-corrected chi connectivity index (χ0v) is 13.4. The molecule has 1 saturated carbocycles. The van der Waals surface area contributed by atoms with Crippen molar-refractivity contribution in [2.24, 2.45) is 0 Å². The van der Waals surface area contributed by atoms with Crippen LogP contribution in [0.25, 0.3) is 0 Å². The van der Waals surface area contributed by atoms with Gasteiger partial charge in [-0.15, -0.1) is 0 Å². The van der Waals surface area contributed by atoms with Gasteiger partial charge in [0.05, 0.1) is 12.1 Å². The highest BCUT2D eigenvalue weighted by molar-refractivity contribution is 6.35. The first kappa shape index (κ1) is 19.1. The quantitative estimate of drug-likeness (QED) is 0.395. The summed E-state index contributed by atoms with van der Waals surface area (Å²) in [7, 11) is 0. The molecule has 0 aromatic heterocycles. The molecule has 4 N–H and O–H groups in total. The fraction of sp³-hybridized carbons (Fsp3) is 0.333. The molecule has 140 valence electrons. The molecule has 0 aliphatic heterocycles. The third-order valence-corrected chi connectivity index (χ3v) is 3.19. The number of ether oxygens (including phenoxy) is 1. The summed E-state index contributed by atoms with van der Waals surface area (Å²) in [5.41, 5.74) is 3.65. The largest absolute Gasteiger partial charge is 0.434 e. The third kappa shape index (κ3) is 6.00. The maximum atomic E-state index is 12.3. The zero-order chi connectivity index (χ0) is 19.1. The minimum atomic E-state index is -3.11. The van der Waals surface area contributed by atoms with E-state index in [1.807, 2.05) is 10.9 Å². The Morgan fingerprint density at radius 3 is 2.42 bits per heavy atom. The Morgan fingerprint density at radius 1 is 1.08 bits per heavy atom. The van der Waals surface area contributed by atoms with Crippen LogP contribution in [0.2, 0.25) is 0 Å². The van der Waals surface area contributed by atoms with Crippen LogP contribution in [0.15, 0.2) is 24.3 Å². The van der Waals surface area contributed by atoms with Crippen molar-refractivity contribution in [1.29, 1.82) is 0 Å².